The highest BCUT2D eigenvalue weighted by Gasteiger charge is 2.18. The van der Waals surface area contributed by atoms with Gasteiger partial charge in [0.05, 0.1) is 5.56 Å². The first-order valence-electron chi connectivity index (χ1n) is 8.86. The topological polar surface area (TPSA) is 78.3 Å². The second kappa shape index (κ2) is 7.07. The van der Waals surface area contributed by atoms with Crippen molar-refractivity contribution >= 4 is 23.4 Å². The molecule has 0 bridgehead atoms. The zero-order chi connectivity index (χ0) is 18.8. The summed E-state index contributed by atoms with van der Waals surface area (Å²) in [5.41, 5.74) is 4.62. The van der Waals surface area contributed by atoms with E-state index in [9.17, 15) is 4.79 Å². The zero-order valence-corrected chi connectivity index (χ0v) is 15.0. The molecule has 2 aromatic carbocycles. The van der Waals surface area contributed by atoms with Crippen LogP contribution in [0.5, 0.6) is 0 Å². The van der Waals surface area contributed by atoms with Crippen LogP contribution in [0, 0.1) is 6.92 Å². The van der Waals surface area contributed by atoms with E-state index in [1.165, 1.54) is 11.1 Å². The number of aromatic nitrogens is 2. The van der Waals surface area contributed by atoms with E-state index < -0.39 is 5.97 Å². The molecule has 4 rings (SSSR count). The van der Waals surface area contributed by atoms with Gasteiger partial charge in [0.15, 0.2) is 0 Å². The SMILES string of the molecule is Cc1cc(Nc2ccc(C(=O)O)cc2)nc(N2CCc3ccccc3C2)n1. The molecular formula is C21H20N4O2. The molecule has 3 aromatic rings. The maximum absolute atomic E-state index is 11.0. The third-order valence-corrected chi connectivity index (χ3v) is 4.66. The molecule has 0 saturated carbocycles. The number of hydrogen-bond acceptors (Lipinski definition) is 5. The largest absolute Gasteiger partial charge is 0.478 e. The summed E-state index contributed by atoms with van der Waals surface area (Å²) in [4.78, 5) is 22.4. The highest BCUT2D eigenvalue weighted by molar-refractivity contribution is 5.88. The van der Waals surface area contributed by atoms with Crippen LogP contribution in [0.1, 0.15) is 27.2 Å². The Morgan fingerprint density at radius 2 is 1.81 bits per heavy atom. The number of benzene rings is 2. The number of fused-ring (bicyclic) bond motifs is 1. The average Bonchev–Trinajstić information content (AvgIpc) is 2.67. The molecule has 0 atom stereocenters. The molecule has 136 valence electrons. The second-order valence-corrected chi connectivity index (χ2v) is 6.64. The minimum absolute atomic E-state index is 0.257. The van der Waals surface area contributed by atoms with Crippen LogP contribution in [-0.4, -0.2) is 27.6 Å². The van der Waals surface area contributed by atoms with Crippen molar-refractivity contribution < 1.29 is 9.90 Å². The molecule has 2 heterocycles. The van der Waals surface area contributed by atoms with Gasteiger partial charge in [0.1, 0.15) is 5.82 Å². The minimum atomic E-state index is -0.938. The second-order valence-electron chi connectivity index (χ2n) is 6.64. The molecule has 0 fully saturated rings. The van der Waals surface area contributed by atoms with E-state index in [1.54, 1.807) is 24.3 Å². The van der Waals surface area contributed by atoms with Crippen LogP contribution in [-0.2, 0) is 13.0 Å². The molecule has 27 heavy (non-hydrogen) atoms. The lowest BCUT2D eigenvalue weighted by Crippen LogP contribution is -2.32. The molecule has 0 aliphatic carbocycles. The first kappa shape index (κ1) is 17.0. The lowest BCUT2D eigenvalue weighted by atomic mass is 10.0. The fraction of sp³-hybridized carbons (Fsp3) is 0.190. The summed E-state index contributed by atoms with van der Waals surface area (Å²) in [6, 6.07) is 17.0. The lowest BCUT2D eigenvalue weighted by molar-refractivity contribution is 0.0697. The number of nitrogens with one attached hydrogen (secondary N) is 1. The third-order valence-electron chi connectivity index (χ3n) is 4.66. The number of anilines is 3. The fourth-order valence-electron chi connectivity index (χ4n) is 3.27. The van der Waals surface area contributed by atoms with Gasteiger partial charge in [-0.3, -0.25) is 0 Å². The molecule has 1 aliphatic rings. The number of aromatic carboxylic acids is 1. The molecule has 0 spiro atoms. The standard InChI is InChI=1S/C21H20N4O2/c1-14-12-19(23-18-8-6-16(7-9-18)20(26)27)24-21(22-14)25-11-10-15-4-2-3-5-17(15)13-25/h2-9,12H,10-11,13H2,1H3,(H,26,27)(H,22,23,24). The Morgan fingerprint density at radius 1 is 1.07 bits per heavy atom. The third kappa shape index (κ3) is 3.74. The number of carbonyl (C=O) groups is 1. The number of nitrogens with zero attached hydrogens (tertiary/aromatic N) is 3. The molecule has 1 aromatic heterocycles. The van der Waals surface area contributed by atoms with Crippen LogP contribution in [0.25, 0.3) is 0 Å². The van der Waals surface area contributed by atoms with Crippen LogP contribution >= 0.6 is 0 Å². The summed E-state index contributed by atoms with van der Waals surface area (Å²) in [5, 5.41) is 12.2. The molecule has 0 saturated heterocycles. The van der Waals surface area contributed by atoms with Crippen molar-refractivity contribution in [3.63, 3.8) is 0 Å². The van der Waals surface area contributed by atoms with Crippen molar-refractivity contribution in [3.05, 3.63) is 77.0 Å². The van der Waals surface area contributed by atoms with Gasteiger partial charge >= 0.3 is 5.97 Å². The van der Waals surface area contributed by atoms with Gasteiger partial charge in [-0.15, -0.1) is 0 Å². The average molecular weight is 360 g/mol. The smallest absolute Gasteiger partial charge is 0.335 e. The molecular weight excluding hydrogens is 340 g/mol. The quantitative estimate of drug-likeness (QED) is 0.737. The Bertz CT molecular complexity index is 986. The van der Waals surface area contributed by atoms with Crippen molar-refractivity contribution in [3.8, 4) is 0 Å². The van der Waals surface area contributed by atoms with Crippen LogP contribution < -0.4 is 10.2 Å². The maximum Gasteiger partial charge on any atom is 0.335 e. The normalized spacial score (nSPS) is 13.1. The summed E-state index contributed by atoms with van der Waals surface area (Å²) in [6.45, 7) is 3.63. The van der Waals surface area contributed by atoms with Crippen molar-refractivity contribution in [1.82, 2.24) is 9.97 Å². The van der Waals surface area contributed by atoms with E-state index in [1.807, 2.05) is 13.0 Å². The van der Waals surface area contributed by atoms with E-state index in [0.29, 0.717) is 11.8 Å². The summed E-state index contributed by atoms with van der Waals surface area (Å²) in [7, 11) is 0. The van der Waals surface area contributed by atoms with Crippen molar-refractivity contribution in [1.29, 1.82) is 0 Å². The van der Waals surface area contributed by atoms with Crippen LogP contribution in [0.4, 0.5) is 17.5 Å². The Labute approximate surface area is 157 Å². The Hall–Kier alpha value is -3.41. The van der Waals surface area contributed by atoms with Gasteiger partial charge in [-0.1, -0.05) is 24.3 Å². The van der Waals surface area contributed by atoms with Gasteiger partial charge in [-0.25, -0.2) is 9.78 Å². The zero-order valence-electron chi connectivity index (χ0n) is 15.0. The van der Waals surface area contributed by atoms with Gasteiger partial charge in [0, 0.05) is 30.5 Å². The Kier molecular flexibility index (Phi) is 4.46. The predicted octanol–water partition coefficient (Wildman–Crippen LogP) is 3.79. The summed E-state index contributed by atoms with van der Waals surface area (Å²) in [6.07, 6.45) is 0.979. The van der Waals surface area contributed by atoms with E-state index >= 15 is 0 Å². The first-order valence-corrected chi connectivity index (χ1v) is 8.86. The first-order chi connectivity index (χ1) is 13.1. The highest BCUT2D eigenvalue weighted by atomic mass is 16.4. The van der Waals surface area contributed by atoms with E-state index in [0.717, 1.165) is 30.9 Å². The molecule has 6 nitrogen and oxygen atoms in total. The van der Waals surface area contributed by atoms with Gasteiger partial charge in [0.2, 0.25) is 5.95 Å². The number of carboxylic acid groups (broad SMARTS) is 1. The van der Waals surface area contributed by atoms with Gasteiger partial charge in [-0.2, -0.15) is 4.98 Å². The number of hydrogen-bond donors (Lipinski definition) is 2. The van der Waals surface area contributed by atoms with Crippen LogP contribution in [0.15, 0.2) is 54.6 Å². The van der Waals surface area contributed by atoms with Crippen molar-refractivity contribution in [2.75, 3.05) is 16.8 Å². The van der Waals surface area contributed by atoms with Crippen LogP contribution in [0.3, 0.4) is 0 Å². The molecule has 0 amide bonds. The number of aryl methyl sites for hydroxylation is 1. The van der Waals surface area contributed by atoms with E-state index in [2.05, 4.69) is 44.5 Å². The lowest BCUT2D eigenvalue weighted by Gasteiger charge is -2.29. The fourth-order valence-corrected chi connectivity index (χ4v) is 3.27. The Balaban J connectivity index is 1.56. The number of rotatable bonds is 4. The monoisotopic (exact) mass is 360 g/mol. The highest BCUT2D eigenvalue weighted by Crippen LogP contribution is 2.24. The van der Waals surface area contributed by atoms with E-state index in [4.69, 9.17) is 5.11 Å². The van der Waals surface area contributed by atoms with Gasteiger partial charge < -0.3 is 15.3 Å². The summed E-state index contributed by atoms with van der Waals surface area (Å²) < 4.78 is 0. The maximum atomic E-state index is 11.0. The predicted molar refractivity (Wildman–Crippen MR) is 105 cm³/mol. The summed E-state index contributed by atoms with van der Waals surface area (Å²) in [5.74, 6) is 0.459. The molecule has 1 aliphatic heterocycles. The molecule has 2 N–H and O–H groups in total. The molecule has 0 radical (unpaired) electrons. The molecule has 6 heteroatoms. The number of carboxylic acids is 1. The van der Waals surface area contributed by atoms with Crippen molar-refractivity contribution in [2.24, 2.45) is 0 Å². The molecule has 0 unspecified atom stereocenters. The minimum Gasteiger partial charge on any atom is -0.478 e. The van der Waals surface area contributed by atoms with Gasteiger partial charge in [-0.05, 0) is 48.7 Å². The Morgan fingerprint density at radius 3 is 2.56 bits per heavy atom. The van der Waals surface area contributed by atoms with Gasteiger partial charge in [0.25, 0.3) is 0 Å². The van der Waals surface area contributed by atoms with Crippen LogP contribution in [0.2, 0.25) is 0 Å². The summed E-state index contributed by atoms with van der Waals surface area (Å²) >= 11 is 0. The van der Waals surface area contributed by atoms with E-state index in [-0.39, 0.29) is 5.56 Å². The van der Waals surface area contributed by atoms with Crippen molar-refractivity contribution in [2.45, 2.75) is 19.9 Å².